The summed E-state index contributed by atoms with van der Waals surface area (Å²) < 4.78 is 16.5. The summed E-state index contributed by atoms with van der Waals surface area (Å²) in [7, 11) is 1.63. The van der Waals surface area contributed by atoms with Crippen molar-refractivity contribution in [1.29, 1.82) is 0 Å². The van der Waals surface area contributed by atoms with Crippen LogP contribution in [-0.4, -0.2) is 62.2 Å². The summed E-state index contributed by atoms with van der Waals surface area (Å²) in [6.07, 6.45) is 0.521. The Kier molecular flexibility index (Phi) is 6.29. The van der Waals surface area contributed by atoms with Crippen LogP contribution in [0.2, 0.25) is 0 Å². The number of hydrogen-bond donors (Lipinski definition) is 1. The third-order valence-corrected chi connectivity index (χ3v) is 3.59. The monoisotopic (exact) mass is 295 g/mol. The van der Waals surface area contributed by atoms with Gasteiger partial charge in [0.05, 0.1) is 18.8 Å². The fourth-order valence-electron chi connectivity index (χ4n) is 2.39. The highest BCUT2D eigenvalue weighted by molar-refractivity contribution is 5.31. The van der Waals surface area contributed by atoms with Gasteiger partial charge in [-0.1, -0.05) is 6.92 Å². The molecule has 1 aliphatic heterocycles. The highest BCUT2D eigenvalue weighted by Gasteiger charge is 2.30. The molecule has 0 aromatic heterocycles. The van der Waals surface area contributed by atoms with Crippen LogP contribution in [-0.2, 0) is 4.74 Å². The van der Waals surface area contributed by atoms with Gasteiger partial charge in [0.25, 0.3) is 0 Å². The van der Waals surface area contributed by atoms with E-state index in [2.05, 4.69) is 11.8 Å². The van der Waals surface area contributed by atoms with E-state index in [0.717, 1.165) is 37.6 Å². The topological polar surface area (TPSA) is 51.2 Å². The summed E-state index contributed by atoms with van der Waals surface area (Å²) in [6, 6.07) is 7.68. The van der Waals surface area contributed by atoms with E-state index >= 15 is 0 Å². The molecule has 5 nitrogen and oxygen atoms in total. The molecule has 1 aromatic carbocycles. The lowest BCUT2D eigenvalue weighted by Gasteiger charge is -2.15. The van der Waals surface area contributed by atoms with E-state index in [1.807, 2.05) is 24.3 Å². The molecule has 118 valence electrons. The predicted octanol–water partition coefficient (Wildman–Crippen LogP) is 1.55. The summed E-state index contributed by atoms with van der Waals surface area (Å²) in [5.74, 6) is 1.71. The molecule has 2 atom stereocenters. The SMILES string of the molecule is CCCOc1ccc(OCCN2C[C@H](OC)[C@@H](O)C2)cc1. The van der Waals surface area contributed by atoms with Crippen molar-refractivity contribution >= 4 is 0 Å². The second kappa shape index (κ2) is 8.22. The number of aliphatic hydroxyl groups excluding tert-OH is 1. The summed E-state index contributed by atoms with van der Waals surface area (Å²) in [5, 5.41) is 9.76. The van der Waals surface area contributed by atoms with Crippen molar-refractivity contribution in [2.75, 3.05) is 40.0 Å². The molecule has 21 heavy (non-hydrogen) atoms. The number of ether oxygens (including phenoxy) is 3. The van der Waals surface area contributed by atoms with Gasteiger partial charge in [-0.05, 0) is 30.7 Å². The molecule has 0 radical (unpaired) electrons. The normalized spacial score (nSPS) is 22.4. The molecule has 0 spiro atoms. The number of methoxy groups -OCH3 is 1. The van der Waals surface area contributed by atoms with Crippen molar-refractivity contribution in [3.05, 3.63) is 24.3 Å². The number of likely N-dealkylation sites (tertiary alicyclic amines) is 1. The number of hydrogen-bond acceptors (Lipinski definition) is 5. The van der Waals surface area contributed by atoms with Crippen LogP contribution in [0.25, 0.3) is 0 Å². The van der Waals surface area contributed by atoms with Crippen LogP contribution < -0.4 is 9.47 Å². The second-order valence-electron chi connectivity index (χ2n) is 5.27. The van der Waals surface area contributed by atoms with Gasteiger partial charge in [-0.3, -0.25) is 4.90 Å². The summed E-state index contributed by atoms with van der Waals surface area (Å²) in [5.41, 5.74) is 0. The van der Waals surface area contributed by atoms with Crippen LogP contribution in [0.3, 0.4) is 0 Å². The van der Waals surface area contributed by atoms with E-state index in [1.54, 1.807) is 7.11 Å². The molecular formula is C16H25NO4. The first kappa shape index (κ1) is 16.1. The van der Waals surface area contributed by atoms with E-state index < -0.39 is 6.10 Å². The first-order valence-corrected chi connectivity index (χ1v) is 7.51. The fraction of sp³-hybridized carbons (Fsp3) is 0.625. The third-order valence-electron chi connectivity index (χ3n) is 3.59. The lowest BCUT2D eigenvalue weighted by Crippen LogP contribution is -2.27. The van der Waals surface area contributed by atoms with Gasteiger partial charge in [0.2, 0.25) is 0 Å². The number of aliphatic hydroxyl groups is 1. The fourth-order valence-corrected chi connectivity index (χ4v) is 2.39. The van der Waals surface area contributed by atoms with Gasteiger partial charge in [0, 0.05) is 26.7 Å². The van der Waals surface area contributed by atoms with Crippen LogP contribution in [0.4, 0.5) is 0 Å². The quantitative estimate of drug-likeness (QED) is 0.788. The lowest BCUT2D eigenvalue weighted by atomic mass is 10.3. The highest BCUT2D eigenvalue weighted by Crippen LogP contribution is 2.18. The smallest absolute Gasteiger partial charge is 0.119 e. The molecule has 0 aliphatic carbocycles. The van der Waals surface area contributed by atoms with E-state index in [-0.39, 0.29) is 6.10 Å². The summed E-state index contributed by atoms with van der Waals surface area (Å²) in [6.45, 7) is 5.60. The molecule has 1 aliphatic rings. The maximum atomic E-state index is 9.76. The molecule has 1 saturated heterocycles. The minimum atomic E-state index is -0.398. The molecule has 1 N–H and O–H groups in total. The Morgan fingerprint density at radius 1 is 1.10 bits per heavy atom. The molecule has 2 rings (SSSR count). The Morgan fingerprint density at radius 2 is 1.71 bits per heavy atom. The molecule has 5 heteroatoms. The van der Waals surface area contributed by atoms with Crippen molar-refractivity contribution in [3.8, 4) is 11.5 Å². The van der Waals surface area contributed by atoms with Crippen molar-refractivity contribution in [2.24, 2.45) is 0 Å². The minimum Gasteiger partial charge on any atom is -0.494 e. The average Bonchev–Trinajstić information content (AvgIpc) is 2.86. The Morgan fingerprint density at radius 3 is 2.24 bits per heavy atom. The zero-order valence-electron chi connectivity index (χ0n) is 12.8. The summed E-state index contributed by atoms with van der Waals surface area (Å²) in [4.78, 5) is 2.15. The molecule has 1 heterocycles. The van der Waals surface area contributed by atoms with Gasteiger partial charge in [-0.25, -0.2) is 0 Å². The first-order chi connectivity index (χ1) is 10.2. The van der Waals surface area contributed by atoms with Crippen LogP contribution in [0.15, 0.2) is 24.3 Å². The van der Waals surface area contributed by atoms with Crippen LogP contribution in [0, 0.1) is 0 Å². The van der Waals surface area contributed by atoms with Gasteiger partial charge in [-0.15, -0.1) is 0 Å². The molecule has 1 aromatic rings. The Hall–Kier alpha value is -1.30. The Labute approximate surface area is 126 Å². The molecule has 0 saturated carbocycles. The Balaban J connectivity index is 1.69. The van der Waals surface area contributed by atoms with Crippen LogP contribution in [0.1, 0.15) is 13.3 Å². The van der Waals surface area contributed by atoms with E-state index in [1.165, 1.54) is 0 Å². The molecule has 0 unspecified atom stereocenters. The van der Waals surface area contributed by atoms with Crippen LogP contribution >= 0.6 is 0 Å². The van der Waals surface area contributed by atoms with Gasteiger partial charge in [0.15, 0.2) is 0 Å². The van der Waals surface area contributed by atoms with Crippen LogP contribution in [0.5, 0.6) is 11.5 Å². The third kappa shape index (κ3) is 4.88. The molecule has 1 fully saturated rings. The second-order valence-corrected chi connectivity index (χ2v) is 5.27. The standard InChI is InChI=1S/C16H25NO4/c1-3-9-20-13-4-6-14(7-5-13)21-10-8-17-11-15(18)16(12-17)19-2/h4-7,15-16,18H,3,8-12H2,1-2H3/t15-,16-/m0/s1. The minimum absolute atomic E-state index is 0.0833. The molecular weight excluding hydrogens is 270 g/mol. The van der Waals surface area contributed by atoms with Crippen molar-refractivity contribution in [3.63, 3.8) is 0 Å². The maximum Gasteiger partial charge on any atom is 0.119 e. The first-order valence-electron chi connectivity index (χ1n) is 7.51. The van der Waals surface area contributed by atoms with E-state index in [4.69, 9.17) is 14.2 Å². The largest absolute Gasteiger partial charge is 0.494 e. The number of β-amino-alcohol motifs (C(OH)–C–C–N with tert-alkyl or cyclic N) is 1. The molecule has 0 bridgehead atoms. The van der Waals surface area contributed by atoms with Gasteiger partial charge >= 0.3 is 0 Å². The highest BCUT2D eigenvalue weighted by atomic mass is 16.5. The Bertz CT molecular complexity index is 409. The number of benzene rings is 1. The van der Waals surface area contributed by atoms with Crippen molar-refractivity contribution in [2.45, 2.75) is 25.6 Å². The van der Waals surface area contributed by atoms with Crippen molar-refractivity contribution in [1.82, 2.24) is 4.90 Å². The van der Waals surface area contributed by atoms with E-state index in [0.29, 0.717) is 13.2 Å². The molecule has 0 amide bonds. The lowest BCUT2D eigenvalue weighted by molar-refractivity contribution is 0.0214. The van der Waals surface area contributed by atoms with Crippen molar-refractivity contribution < 1.29 is 19.3 Å². The zero-order chi connectivity index (χ0) is 15.1. The number of nitrogens with zero attached hydrogens (tertiary/aromatic N) is 1. The maximum absolute atomic E-state index is 9.76. The zero-order valence-corrected chi connectivity index (χ0v) is 12.8. The van der Waals surface area contributed by atoms with Gasteiger partial charge < -0.3 is 19.3 Å². The van der Waals surface area contributed by atoms with Gasteiger partial charge in [-0.2, -0.15) is 0 Å². The summed E-state index contributed by atoms with van der Waals surface area (Å²) >= 11 is 0. The van der Waals surface area contributed by atoms with E-state index in [9.17, 15) is 5.11 Å². The van der Waals surface area contributed by atoms with Gasteiger partial charge in [0.1, 0.15) is 18.1 Å². The predicted molar refractivity (Wildman–Crippen MR) is 81.0 cm³/mol. The average molecular weight is 295 g/mol. The number of rotatable bonds is 8.